The molecule has 3 aliphatic rings. The summed E-state index contributed by atoms with van der Waals surface area (Å²) in [6.07, 6.45) is -12.1. The number of ether oxygens (including phenoxy) is 5. The fraction of sp³-hybridized carbons (Fsp3) is 0.459. The van der Waals surface area contributed by atoms with Gasteiger partial charge in [-0.15, -0.1) is 13.2 Å². The van der Waals surface area contributed by atoms with Crippen LogP contribution in [0, 0.1) is 0 Å². The number of methoxy groups -OCH3 is 1. The van der Waals surface area contributed by atoms with Gasteiger partial charge in [0, 0.05) is 51.8 Å². The van der Waals surface area contributed by atoms with Crippen molar-refractivity contribution in [1.82, 2.24) is 15.5 Å². The third kappa shape index (κ3) is 11.0. The van der Waals surface area contributed by atoms with E-state index in [9.17, 15) is 47.7 Å². The van der Waals surface area contributed by atoms with Gasteiger partial charge in [0.05, 0.1) is 0 Å². The van der Waals surface area contributed by atoms with Crippen LogP contribution in [0.3, 0.4) is 0 Å². The maximum atomic E-state index is 13.1. The van der Waals surface area contributed by atoms with Crippen molar-refractivity contribution >= 4 is 29.8 Å². The van der Waals surface area contributed by atoms with Gasteiger partial charge in [-0.2, -0.15) is 0 Å². The highest BCUT2D eigenvalue weighted by molar-refractivity contribution is 5.94. The number of primary amides is 1. The minimum atomic E-state index is -4.75. The van der Waals surface area contributed by atoms with Crippen LogP contribution in [0.5, 0.6) is 5.75 Å². The molecule has 5 rings (SSSR count). The molecule has 20 heteroatoms. The summed E-state index contributed by atoms with van der Waals surface area (Å²) in [5, 5.41) is 36.7. The topological polar surface area (TPSA) is 232 Å². The number of anilines is 1. The number of nitrogens with one attached hydrogen (secondary N) is 2. The summed E-state index contributed by atoms with van der Waals surface area (Å²) in [4.78, 5) is 51.4. The Morgan fingerprint density at radius 3 is 2.32 bits per heavy atom. The van der Waals surface area contributed by atoms with Gasteiger partial charge in [0.1, 0.15) is 36.3 Å². The Labute approximate surface area is 324 Å². The summed E-state index contributed by atoms with van der Waals surface area (Å²) in [6.45, 7) is 1.49. The molecule has 3 aliphatic heterocycles. The lowest BCUT2D eigenvalue weighted by atomic mass is 9.89. The summed E-state index contributed by atoms with van der Waals surface area (Å²) in [5.74, 6) is -3.15. The van der Waals surface area contributed by atoms with Gasteiger partial charge in [-0.05, 0) is 60.2 Å². The van der Waals surface area contributed by atoms with Gasteiger partial charge in [0.2, 0.25) is 18.6 Å². The summed E-state index contributed by atoms with van der Waals surface area (Å²) >= 11 is 0. The van der Waals surface area contributed by atoms with Crippen molar-refractivity contribution in [3.05, 3.63) is 83.8 Å². The lowest BCUT2D eigenvalue weighted by molar-refractivity contribution is -0.274. The van der Waals surface area contributed by atoms with Crippen LogP contribution in [0.25, 0.3) is 0 Å². The maximum absolute atomic E-state index is 13.1. The number of hydrogen-bond donors (Lipinski definition) is 6. The summed E-state index contributed by atoms with van der Waals surface area (Å²) < 4.78 is 63.9. The number of likely N-dealkylation sites (N-methyl/N-ethyl adjacent to an activating group) is 1. The Kier molecular flexibility index (Phi) is 14.1. The van der Waals surface area contributed by atoms with Crippen molar-refractivity contribution < 1.29 is 71.4 Å². The molecule has 8 unspecified atom stereocenters. The van der Waals surface area contributed by atoms with Crippen LogP contribution >= 0.6 is 0 Å². The molecule has 4 amide bonds. The van der Waals surface area contributed by atoms with Gasteiger partial charge < -0.3 is 59.9 Å². The van der Waals surface area contributed by atoms with Crippen molar-refractivity contribution in [3.8, 4) is 5.75 Å². The Morgan fingerprint density at radius 1 is 1.05 bits per heavy atom. The molecule has 2 aromatic rings. The number of carbonyl (C=O) groups is 4. The van der Waals surface area contributed by atoms with E-state index in [2.05, 4.69) is 15.0 Å². The number of halogens is 3. The van der Waals surface area contributed by atoms with Gasteiger partial charge in [-0.3, -0.25) is 24.5 Å². The second kappa shape index (κ2) is 18.8. The zero-order valence-corrected chi connectivity index (χ0v) is 30.8. The molecule has 17 nitrogen and oxygen atoms in total. The van der Waals surface area contributed by atoms with E-state index in [0.29, 0.717) is 0 Å². The van der Waals surface area contributed by atoms with E-state index >= 15 is 0 Å². The van der Waals surface area contributed by atoms with Gasteiger partial charge in [0.25, 0.3) is 11.8 Å². The lowest BCUT2D eigenvalue weighted by Gasteiger charge is -2.35. The van der Waals surface area contributed by atoms with Crippen LogP contribution in [0.1, 0.15) is 29.9 Å². The molecule has 0 bridgehead atoms. The van der Waals surface area contributed by atoms with Crippen LogP contribution in [-0.4, -0.2) is 127 Å². The molecule has 2 aromatic carbocycles. The van der Waals surface area contributed by atoms with Crippen molar-refractivity contribution in [2.45, 2.75) is 80.8 Å². The molecule has 0 spiro atoms. The summed E-state index contributed by atoms with van der Waals surface area (Å²) in [7, 11) is 2.66. The SMILES string of the molecule is COC1C(O)C(N(C)/C=C\C(=O)NC=O)OC1C(OC1OC(C(=O)NCc2ccc(N3CCC(c4ccc(OC(F)(F)F)cc4)CC3)cc2)=CC(O)C1O)C(N)=O. The number of carbonyl (C=O) groups excluding carboxylic acids is 4. The molecular weight excluding hydrogens is 763 g/mol. The smallest absolute Gasteiger partial charge is 0.456 e. The molecule has 0 aliphatic carbocycles. The van der Waals surface area contributed by atoms with Crippen LogP contribution in [0.4, 0.5) is 18.9 Å². The number of alkyl halides is 3. The number of aliphatic hydroxyl groups is 3. The number of nitrogens with zero attached hydrogens (tertiary/aromatic N) is 2. The van der Waals surface area contributed by atoms with Crippen molar-refractivity contribution in [2.75, 3.05) is 32.1 Å². The molecular formula is C37H44F3N5O12. The van der Waals surface area contributed by atoms with Crippen LogP contribution in [0.15, 0.2) is 72.6 Å². The van der Waals surface area contributed by atoms with Crippen LogP contribution < -0.4 is 26.0 Å². The molecule has 3 heterocycles. The minimum Gasteiger partial charge on any atom is -0.456 e. The molecule has 0 radical (unpaired) electrons. The molecule has 2 saturated heterocycles. The van der Waals surface area contributed by atoms with Gasteiger partial charge in [-0.25, -0.2) is 0 Å². The fourth-order valence-electron chi connectivity index (χ4n) is 6.75. The van der Waals surface area contributed by atoms with Gasteiger partial charge in [-0.1, -0.05) is 24.3 Å². The molecule has 57 heavy (non-hydrogen) atoms. The van der Waals surface area contributed by atoms with Crippen molar-refractivity contribution in [3.63, 3.8) is 0 Å². The molecule has 0 aromatic heterocycles. The number of piperidine rings is 1. The molecule has 7 N–H and O–H groups in total. The maximum Gasteiger partial charge on any atom is 0.573 e. The first-order valence-electron chi connectivity index (χ1n) is 17.8. The van der Waals surface area contributed by atoms with Gasteiger partial charge in [0.15, 0.2) is 18.1 Å². The number of benzene rings is 2. The Morgan fingerprint density at radius 2 is 1.72 bits per heavy atom. The number of imide groups is 1. The number of rotatable bonds is 15. The number of hydrogen-bond acceptors (Lipinski definition) is 14. The second-order valence-electron chi connectivity index (χ2n) is 13.5. The highest BCUT2D eigenvalue weighted by atomic mass is 19.4. The quantitative estimate of drug-likeness (QED) is 0.105. The van der Waals surface area contributed by atoms with E-state index in [1.165, 1.54) is 37.4 Å². The Bertz CT molecular complexity index is 1770. The van der Waals surface area contributed by atoms with E-state index in [-0.39, 0.29) is 24.6 Å². The molecule has 8 atom stereocenters. The van der Waals surface area contributed by atoms with E-state index < -0.39 is 79.0 Å². The summed E-state index contributed by atoms with van der Waals surface area (Å²) in [5.41, 5.74) is 8.23. The second-order valence-corrected chi connectivity index (χ2v) is 13.5. The Hall–Kier alpha value is -5.25. The fourth-order valence-corrected chi connectivity index (χ4v) is 6.75. The molecule has 0 saturated carbocycles. The normalized spacial score (nSPS) is 25.9. The van der Waals surface area contributed by atoms with E-state index in [0.717, 1.165) is 54.9 Å². The van der Waals surface area contributed by atoms with Crippen molar-refractivity contribution in [1.29, 1.82) is 0 Å². The average Bonchev–Trinajstić information content (AvgIpc) is 3.51. The van der Waals surface area contributed by atoms with Gasteiger partial charge >= 0.3 is 6.36 Å². The number of amides is 4. The van der Waals surface area contributed by atoms with Crippen molar-refractivity contribution in [2.24, 2.45) is 5.73 Å². The minimum absolute atomic E-state index is 0.0491. The zero-order chi connectivity index (χ0) is 41.4. The standard InChI is InChI=1S/C37H44F3N5O12/c1-44(14-13-27(48)43-19-46)35-29(50)30(53-2)31(55-35)32(33(41)51)56-36-28(49)25(47)17-26(54-36)34(52)42-18-20-3-7-23(8-4-20)45-15-11-22(12-16-45)21-5-9-24(10-6-21)57-37(38,39)40/h3-10,13-14,17,19,22,25,28-32,35-36,47,49-50H,11-12,15-16,18H2,1-2H3,(H2,41,51)(H,42,52)(H,43,46,48)/b14-13-. The Balaban J connectivity index is 1.14. The predicted octanol–water partition coefficient (Wildman–Crippen LogP) is 0.237. The largest absolute Gasteiger partial charge is 0.573 e. The number of aliphatic hydroxyl groups excluding tert-OH is 3. The molecule has 2 fully saturated rings. The highest BCUT2D eigenvalue weighted by Gasteiger charge is 2.52. The number of nitrogens with two attached hydrogens (primary N) is 1. The first kappa shape index (κ1) is 42.9. The monoisotopic (exact) mass is 807 g/mol. The lowest BCUT2D eigenvalue weighted by Crippen LogP contribution is -2.54. The molecule has 310 valence electrons. The highest BCUT2D eigenvalue weighted by Crippen LogP contribution is 2.34. The first-order valence-corrected chi connectivity index (χ1v) is 17.8. The predicted molar refractivity (Wildman–Crippen MR) is 191 cm³/mol. The van der Waals surface area contributed by atoms with E-state index in [4.69, 9.17) is 24.7 Å². The van der Waals surface area contributed by atoms with Crippen LogP contribution in [0.2, 0.25) is 0 Å². The average molecular weight is 808 g/mol. The van der Waals surface area contributed by atoms with Crippen LogP contribution in [-0.2, 0) is 44.7 Å². The van der Waals surface area contributed by atoms with E-state index in [1.54, 1.807) is 12.1 Å². The van der Waals surface area contributed by atoms with E-state index in [1.807, 2.05) is 29.6 Å². The zero-order valence-electron chi connectivity index (χ0n) is 30.8. The summed E-state index contributed by atoms with van der Waals surface area (Å²) in [6, 6.07) is 13.4. The third-order valence-corrected chi connectivity index (χ3v) is 9.70. The first-order chi connectivity index (χ1) is 27.1. The third-order valence-electron chi connectivity index (χ3n) is 9.70.